The Morgan fingerprint density at radius 1 is 1.00 bits per heavy atom. The normalized spacial score (nSPS) is 11.0. The van der Waals surface area contributed by atoms with E-state index in [9.17, 15) is 14.4 Å². The van der Waals surface area contributed by atoms with Gasteiger partial charge in [-0.25, -0.2) is 4.79 Å². The van der Waals surface area contributed by atoms with Gasteiger partial charge in [0.1, 0.15) is 5.82 Å². The summed E-state index contributed by atoms with van der Waals surface area (Å²) in [6.07, 6.45) is 3.91. The molecule has 2 heterocycles. The monoisotopic (exact) mass is 451 g/mol. The molecular weight excluding hydrogens is 418 g/mol. The first kappa shape index (κ1) is 24.1. The first-order valence-electron chi connectivity index (χ1n) is 11.6. The van der Waals surface area contributed by atoms with Gasteiger partial charge in [-0.15, -0.1) is 0 Å². The summed E-state index contributed by atoms with van der Waals surface area (Å²) in [6.45, 7) is 4.79. The van der Waals surface area contributed by atoms with Crippen molar-refractivity contribution in [2.45, 2.75) is 58.9 Å². The van der Waals surface area contributed by atoms with Crippen LogP contribution in [0.1, 0.15) is 51.6 Å². The molecule has 0 aliphatic heterocycles. The first-order valence-corrected chi connectivity index (χ1v) is 11.6. The molecule has 0 saturated carbocycles. The van der Waals surface area contributed by atoms with Crippen molar-refractivity contribution >= 4 is 17.4 Å². The number of unbranched alkanes of at least 4 members (excludes halogenated alkanes) is 2. The molecule has 0 fully saturated rings. The smallest absolute Gasteiger partial charge is 0.330 e. The third-order valence-electron chi connectivity index (χ3n) is 5.70. The van der Waals surface area contributed by atoms with E-state index < -0.39 is 11.2 Å². The highest BCUT2D eigenvalue weighted by Crippen LogP contribution is 2.21. The maximum Gasteiger partial charge on any atom is 0.330 e. The summed E-state index contributed by atoms with van der Waals surface area (Å²) in [7, 11) is 0. The number of nitrogens with one attached hydrogen (secondary N) is 2. The second-order valence-electron chi connectivity index (χ2n) is 8.16. The molecule has 1 amide bonds. The number of carbonyl (C=O) groups is 1. The summed E-state index contributed by atoms with van der Waals surface area (Å²) in [4.78, 5) is 45.3. The minimum Gasteiger partial charge on any atom is -0.383 e. The van der Waals surface area contributed by atoms with E-state index in [1.165, 1.54) is 9.47 Å². The van der Waals surface area contributed by atoms with Crippen molar-refractivity contribution in [2.75, 3.05) is 17.2 Å². The molecule has 8 heteroatoms. The van der Waals surface area contributed by atoms with E-state index in [2.05, 4.69) is 9.97 Å². The number of H-pyrrole nitrogens is 2. The van der Waals surface area contributed by atoms with Crippen LogP contribution in [0.15, 0.2) is 52.1 Å². The number of nitrogens with two attached hydrogens (primary N) is 1. The van der Waals surface area contributed by atoms with Crippen LogP contribution in [0.4, 0.5) is 11.5 Å². The lowest BCUT2D eigenvalue weighted by Gasteiger charge is -2.24. The number of nitrogen functional groups attached to an aromatic ring is 1. The highest BCUT2D eigenvalue weighted by molar-refractivity contribution is 5.95. The quantitative estimate of drug-likeness (QED) is 0.412. The SMILES string of the molecule is CCCCN(C(=O)CCc1ccc(-c2ccccc2)[nH]1)c1c(N)n(CCCC)c(=O)[nH]c1=O. The number of aromatic amines is 2. The number of anilines is 2. The lowest BCUT2D eigenvalue weighted by atomic mass is 10.2. The number of aromatic nitrogens is 3. The van der Waals surface area contributed by atoms with Crippen LogP contribution in [0.2, 0.25) is 0 Å². The average Bonchev–Trinajstić information content (AvgIpc) is 3.29. The van der Waals surface area contributed by atoms with Crippen LogP contribution >= 0.6 is 0 Å². The van der Waals surface area contributed by atoms with Gasteiger partial charge in [-0.1, -0.05) is 57.0 Å². The summed E-state index contributed by atoms with van der Waals surface area (Å²) in [6, 6.07) is 13.9. The third kappa shape index (κ3) is 5.83. The number of hydrogen-bond acceptors (Lipinski definition) is 4. The maximum atomic E-state index is 13.2. The largest absolute Gasteiger partial charge is 0.383 e. The van der Waals surface area contributed by atoms with Gasteiger partial charge in [0.2, 0.25) is 5.91 Å². The Morgan fingerprint density at radius 2 is 1.73 bits per heavy atom. The van der Waals surface area contributed by atoms with E-state index in [1.807, 2.05) is 56.3 Å². The molecule has 0 radical (unpaired) electrons. The Labute approximate surface area is 193 Å². The van der Waals surface area contributed by atoms with E-state index >= 15 is 0 Å². The molecule has 3 aromatic rings. The Bertz CT molecular complexity index is 1180. The minimum atomic E-state index is -0.624. The lowest BCUT2D eigenvalue weighted by molar-refractivity contribution is -0.118. The highest BCUT2D eigenvalue weighted by Gasteiger charge is 2.23. The topological polar surface area (TPSA) is 117 Å². The number of carbonyl (C=O) groups excluding carboxylic acids is 1. The number of benzene rings is 1. The molecule has 4 N–H and O–H groups in total. The molecule has 0 aliphatic carbocycles. The number of amides is 1. The van der Waals surface area contributed by atoms with Crippen molar-refractivity contribution in [2.24, 2.45) is 0 Å². The molecule has 1 aromatic carbocycles. The van der Waals surface area contributed by atoms with Gasteiger partial charge >= 0.3 is 5.69 Å². The van der Waals surface area contributed by atoms with Crippen molar-refractivity contribution in [3.05, 3.63) is 69.0 Å². The van der Waals surface area contributed by atoms with Crippen molar-refractivity contribution in [3.8, 4) is 11.3 Å². The van der Waals surface area contributed by atoms with Crippen molar-refractivity contribution < 1.29 is 4.79 Å². The van der Waals surface area contributed by atoms with Crippen molar-refractivity contribution in [3.63, 3.8) is 0 Å². The Hall–Kier alpha value is -3.55. The molecule has 0 spiro atoms. The standard InChI is InChI=1S/C25H33N5O3/c1-3-5-16-29(22-23(26)30(17-6-4-2)25(33)28-24(22)32)21(31)15-13-19-12-14-20(27-19)18-10-8-7-9-11-18/h7-12,14,27H,3-6,13,15-17,26H2,1-2H3,(H,28,32,33). The van der Waals surface area contributed by atoms with Gasteiger partial charge in [-0.3, -0.25) is 19.1 Å². The van der Waals surface area contributed by atoms with Crippen LogP contribution in [0.25, 0.3) is 11.3 Å². The molecule has 0 aliphatic rings. The second-order valence-corrected chi connectivity index (χ2v) is 8.16. The molecule has 3 rings (SSSR count). The fourth-order valence-corrected chi connectivity index (χ4v) is 3.80. The van der Waals surface area contributed by atoms with Gasteiger partial charge in [0.25, 0.3) is 5.56 Å². The molecule has 0 unspecified atom stereocenters. The third-order valence-corrected chi connectivity index (χ3v) is 5.70. The van der Waals surface area contributed by atoms with E-state index in [4.69, 9.17) is 5.73 Å². The van der Waals surface area contributed by atoms with E-state index in [1.54, 1.807) is 0 Å². The highest BCUT2D eigenvalue weighted by atomic mass is 16.2. The Balaban J connectivity index is 1.82. The molecule has 176 valence electrons. The molecule has 0 saturated heterocycles. The molecule has 33 heavy (non-hydrogen) atoms. The maximum absolute atomic E-state index is 13.2. The summed E-state index contributed by atoms with van der Waals surface area (Å²) < 4.78 is 1.35. The van der Waals surface area contributed by atoms with Gasteiger partial charge in [-0.05, 0) is 37.0 Å². The number of nitrogens with zero attached hydrogens (tertiary/aromatic N) is 2. The zero-order chi connectivity index (χ0) is 23.8. The van der Waals surface area contributed by atoms with Gasteiger partial charge in [0, 0.05) is 30.9 Å². The fraction of sp³-hybridized carbons (Fsp3) is 0.400. The minimum absolute atomic E-state index is 0.0490. The predicted molar refractivity (Wildman–Crippen MR) is 132 cm³/mol. The zero-order valence-electron chi connectivity index (χ0n) is 19.4. The summed E-state index contributed by atoms with van der Waals surface area (Å²) in [5, 5.41) is 0. The van der Waals surface area contributed by atoms with E-state index in [0.29, 0.717) is 19.5 Å². The first-order chi connectivity index (χ1) is 16.0. The van der Waals surface area contributed by atoms with Crippen molar-refractivity contribution in [1.82, 2.24) is 14.5 Å². The summed E-state index contributed by atoms with van der Waals surface area (Å²) >= 11 is 0. The van der Waals surface area contributed by atoms with E-state index in [-0.39, 0.29) is 23.8 Å². The fourth-order valence-electron chi connectivity index (χ4n) is 3.80. The van der Waals surface area contributed by atoms with Gasteiger partial charge in [0.05, 0.1) is 0 Å². The lowest BCUT2D eigenvalue weighted by Crippen LogP contribution is -2.41. The van der Waals surface area contributed by atoms with Gasteiger partial charge in [0.15, 0.2) is 5.69 Å². The van der Waals surface area contributed by atoms with Crippen LogP contribution in [-0.4, -0.2) is 27.0 Å². The Morgan fingerprint density at radius 3 is 2.42 bits per heavy atom. The van der Waals surface area contributed by atoms with Crippen molar-refractivity contribution in [1.29, 1.82) is 0 Å². The average molecular weight is 452 g/mol. The predicted octanol–water partition coefficient (Wildman–Crippen LogP) is 3.68. The number of aryl methyl sites for hydroxylation is 1. The molecule has 0 bridgehead atoms. The van der Waals surface area contributed by atoms with Crippen LogP contribution in [0, 0.1) is 0 Å². The molecule has 8 nitrogen and oxygen atoms in total. The second kappa shape index (κ2) is 11.4. The van der Waals surface area contributed by atoms with Crippen LogP contribution in [-0.2, 0) is 17.8 Å². The van der Waals surface area contributed by atoms with Crippen LogP contribution < -0.4 is 21.9 Å². The zero-order valence-corrected chi connectivity index (χ0v) is 19.4. The summed E-state index contributed by atoms with van der Waals surface area (Å²) in [5.74, 6) is -0.148. The summed E-state index contributed by atoms with van der Waals surface area (Å²) in [5.41, 5.74) is 8.16. The van der Waals surface area contributed by atoms with Crippen LogP contribution in [0.3, 0.4) is 0 Å². The van der Waals surface area contributed by atoms with Gasteiger partial charge < -0.3 is 15.6 Å². The number of rotatable bonds is 11. The molecule has 2 aromatic heterocycles. The van der Waals surface area contributed by atoms with Gasteiger partial charge in [-0.2, -0.15) is 0 Å². The van der Waals surface area contributed by atoms with E-state index in [0.717, 1.165) is 42.6 Å². The Kier molecular flexibility index (Phi) is 8.29. The van der Waals surface area contributed by atoms with Crippen LogP contribution in [0.5, 0.6) is 0 Å². The molecule has 0 atom stereocenters. The molecular formula is C25H33N5O3. The number of hydrogen-bond donors (Lipinski definition) is 3.